The average Bonchev–Trinajstić information content (AvgIpc) is 3.28. The summed E-state index contributed by atoms with van der Waals surface area (Å²) in [6, 6.07) is 8.43. The standard InChI is InChI=1S/C21H20N4O4/c1-13-17-10-15(11-22-20(17)24(2)23-13)21(28)29-12-18(26)14-5-7-16(8-6-14)25-9-3-4-19(25)27/h5-8,10-11H,3-4,9,12H2,1-2H3. The summed E-state index contributed by atoms with van der Waals surface area (Å²) in [5.74, 6) is -0.841. The third-order valence-corrected chi connectivity index (χ3v) is 5.01. The van der Waals surface area contributed by atoms with Crippen LogP contribution in [0.4, 0.5) is 5.69 Å². The van der Waals surface area contributed by atoms with Crippen molar-refractivity contribution in [1.29, 1.82) is 0 Å². The summed E-state index contributed by atoms with van der Waals surface area (Å²) in [4.78, 5) is 42.4. The summed E-state index contributed by atoms with van der Waals surface area (Å²) in [6.07, 6.45) is 2.81. The number of Topliss-reactive ketones (excluding diaryl/α,β-unsaturated/α-hetero) is 1. The smallest absolute Gasteiger partial charge is 0.340 e. The van der Waals surface area contributed by atoms with Gasteiger partial charge in [0.15, 0.2) is 18.0 Å². The maximum Gasteiger partial charge on any atom is 0.340 e. The second-order valence-electron chi connectivity index (χ2n) is 7.00. The van der Waals surface area contributed by atoms with E-state index in [1.165, 1.54) is 6.20 Å². The van der Waals surface area contributed by atoms with E-state index in [2.05, 4.69) is 10.1 Å². The summed E-state index contributed by atoms with van der Waals surface area (Å²) in [5, 5.41) is 5.03. The van der Waals surface area contributed by atoms with Crippen LogP contribution in [-0.4, -0.2) is 45.6 Å². The third kappa shape index (κ3) is 3.61. The van der Waals surface area contributed by atoms with Gasteiger partial charge in [0.05, 0.1) is 11.3 Å². The van der Waals surface area contributed by atoms with Crippen LogP contribution in [0.1, 0.15) is 39.3 Å². The van der Waals surface area contributed by atoms with Gasteiger partial charge in [-0.25, -0.2) is 9.78 Å². The molecule has 0 atom stereocenters. The Hall–Kier alpha value is -3.55. The molecule has 1 saturated heterocycles. The number of anilines is 1. The fourth-order valence-corrected chi connectivity index (χ4v) is 3.47. The molecular weight excluding hydrogens is 372 g/mol. The Morgan fingerprint density at radius 3 is 2.62 bits per heavy atom. The molecule has 4 rings (SSSR count). The molecule has 0 saturated carbocycles. The number of rotatable bonds is 5. The summed E-state index contributed by atoms with van der Waals surface area (Å²) in [5.41, 5.74) is 2.89. The van der Waals surface area contributed by atoms with Crippen molar-refractivity contribution >= 4 is 34.4 Å². The van der Waals surface area contributed by atoms with E-state index in [1.807, 2.05) is 6.92 Å². The Balaban J connectivity index is 1.40. The lowest BCUT2D eigenvalue weighted by molar-refractivity contribution is -0.117. The minimum absolute atomic E-state index is 0.0902. The number of nitrogens with zero attached hydrogens (tertiary/aromatic N) is 4. The van der Waals surface area contributed by atoms with Gasteiger partial charge in [-0.05, 0) is 43.7 Å². The Labute approximate surface area is 167 Å². The molecule has 0 bridgehead atoms. The normalized spacial score (nSPS) is 13.9. The number of esters is 1. The Morgan fingerprint density at radius 2 is 1.93 bits per heavy atom. The van der Waals surface area contributed by atoms with Crippen molar-refractivity contribution in [2.75, 3.05) is 18.1 Å². The summed E-state index contributed by atoms with van der Waals surface area (Å²) in [7, 11) is 1.78. The SMILES string of the molecule is Cc1nn(C)c2ncc(C(=O)OCC(=O)c3ccc(N4CCCC4=O)cc3)cc12. The van der Waals surface area contributed by atoms with Crippen molar-refractivity contribution in [3.05, 3.63) is 53.3 Å². The first-order valence-corrected chi connectivity index (χ1v) is 9.34. The van der Waals surface area contributed by atoms with E-state index in [9.17, 15) is 14.4 Å². The molecule has 1 aliphatic rings. The number of amides is 1. The highest BCUT2D eigenvalue weighted by Crippen LogP contribution is 2.22. The van der Waals surface area contributed by atoms with E-state index in [0.29, 0.717) is 24.2 Å². The van der Waals surface area contributed by atoms with E-state index in [1.54, 1.807) is 47.0 Å². The first-order valence-electron chi connectivity index (χ1n) is 9.34. The van der Waals surface area contributed by atoms with Crippen molar-refractivity contribution < 1.29 is 19.1 Å². The minimum atomic E-state index is -0.615. The highest BCUT2D eigenvalue weighted by atomic mass is 16.5. The largest absolute Gasteiger partial charge is 0.454 e. The van der Waals surface area contributed by atoms with Crippen molar-refractivity contribution in [1.82, 2.24) is 14.8 Å². The molecule has 1 amide bonds. The van der Waals surface area contributed by atoms with Gasteiger partial charge in [0, 0.05) is 42.8 Å². The van der Waals surface area contributed by atoms with Crippen molar-refractivity contribution in [3.8, 4) is 0 Å². The molecule has 29 heavy (non-hydrogen) atoms. The van der Waals surface area contributed by atoms with Crippen LogP contribution >= 0.6 is 0 Å². The molecule has 0 spiro atoms. The molecule has 0 unspecified atom stereocenters. The Bertz CT molecular complexity index is 1120. The number of ether oxygens (including phenoxy) is 1. The van der Waals surface area contributed by atoms with E-state index in [0.717, 1.165) is 23.2 Å². The average molecular weight is 392 g/mol. The van der Waals surface area contributed by atoms with Crippen LogP contribution in [0.3, 0.4) is 0 Å². The van der Waals surface area contributed by atoms with Crippen LogP contribution in [-0.2, 0) is 16.6 Å². The summed E-state index contributed by atoms with van der Waals surface area (Å²) >= 11 is 0. The maximum absolute atomic E-state index is 12.4. The van der Waals surface area contributed by atoms with Gasteiger partial charge in [-0.2, -0.15) is 5.10 Å². The zero-order valence-electron chi connectivity index (χ0n) is 16.2. The number of aromatic nitrogens is 3. The van der Waals surface area contributed by atoms with Crippen molar-refractivity contribution in [2.24, 2.45) is 7.05 Å². The zero-order chi connectivity index (χ0) is 20.5. The highest BCUT2D eigenvalue weighted by molar-refractivity contribution is 6.01. The quantitative estimate of drug-likeness (QED) is 0.489. The molecule has 0 aliphatic carbocycles. The molecule has 8 nitrogen and oxygen atoms in total. The topological polar surface area (TPSA) is 94.4 Å². The number of aryl methyl sites for hydroxylation is 2. The lowest BCUT2D eigenvalue weighted by atomic mass is 10.1. The molecular formula is C21H20N4O4. The number of hydrogen-bond donors (Lipinski definition) is 0. The van der Waals surface area contributed by atoms with Gasteiger partial charge >= 0.3 is 5.97 Å². The predicted molar refractivity (Wildman–Crippen MR) is 106 cm³/mol. The van der Waals surface area contributed by atoms with Crippen LogP contribution in [0.5, 0.6) is 0 Å². The van der Waals surface area contributed by atoms with E-state index >= 15 is 0 Å². The molecule has 1 aliphatic heterocycles. The van der Waals surface area contributed by atoms with E-state index in [4.69, 9.17) is 4.74 Å². The minimum Gasteiger partial charge on any atom is -0.454 e. The number of fused-ring (bicyclic) bond motifs is 1. The first kappa shape index (κ1) is 18.8. The zero-order valence-corrected chi connectivity index (χ0v) is 16.2. The summed E-state index contributed by atoms with van der Waals surface area (Å²) in [6.45, 7) is 2.16. The molecule has 8 heteroatoms. The van der Waals surface area contributed by atoms with Gasteiger partial charge in [-0.15, -0.1) is 0 Å². The second kappa shape index (κ2) is 7.46. The number of carbonyl (C=O) groups is 3. The Morgan fingerprint density at radius 1 is 1.17 bits per heavy atom. The summed E-state index contributed by atoms with van der Waals surface area (Å²) < 4.78 is 6.81. The van der Waals surface area contributed by atoms with Crippen molar-refractivity contribution in [3.63, 3.8) is 0 Å². The van der Waals surface area contributed by atoms with Crippen molar-refractivity contribution in [2.45, 2.75) is 19.8 Å². The van der Waals surface area contributed by atoms with Gasteiger partial charge in [0.2, 0.25) is 5.91 Å². The van der Waals surface area contributed by atoms with Crippen LogP contribution < -0.4 is 4.90 Å². The molecule has 0 radical (unpaired) electrons. The van der Waals surface area contributed by atoms with Crippen LogP contribution in [0.25, 0.3) is 11.0 Å². The maximum atomic E-state index is 12.4. The predicted octanol–water partition coefficient (Wildman–Crippen LogP) is 2.44. The van der Waals surface area contributed by atoms with E-state index in [-0.39, 0.29) is 23.9 Å². The fourth-order valence-electron chi connectivity index (χ4n) is 3.47. The molecule has 3 heterocycles. The number of hydrogen-bond acceptors (Lipinski definition) is 6. The van der Waals surface area contributed by atoms with Gasteiger partial charge in [-0.1, -0.05) is 0 Å². The molecule has 1 aromatic carbocycles. The monoisotopic (exact) mass is 392 g/mol. The number of pyridine rings is 1. The fraction of sp³-hybridized carbons (Fsp3) is 0.286. The number of carbonyl (C=O) groups excluding carboxylic acids is 3. The number of ketones is 1. The third-order valence-electron chi connectivity index (χ3n) is 5.01. The van der Waals surface area contributed by atoms with Crippen LogP contribution in [0, 0.1) is 6.92 Å². The van der Waals surface area contributed by atoms with Gasteiger partial charge in [0.1, 0.15) is 0 Å². The highest BCUT2D eigenvalue weighted by Gasteiger charge is 2.22. The van der Waals surface area contributed by atoms with E-state index < -0.39 is 5.97 Å². The lowest BCUT2D eigenvalue weighted by Gasteiger charge is -2.15. The molecule has 2 aromatic heterocycles. The molecule has 0 N–H and O–H groups in total. The van der Waals surface area contributed by atoms with Gasteiger partial charge < -0.3 is 9.64 Å². The molecule has 148 valence electrons. The molecule has 3 aromatic rings. The lowest BCUT2D eigenvalue weighted by Crippen LogP contribution is -2.23. The Kier molecular flexibility index (Phi) is 4.84. The first-order chi connectivity index (χ1) is 13.9. The van der Waals surface area contributed by atoms with Crippen LogP contribution in [0.2, 0.25) is 0 Å². The molecule has 1 fully saturated rings. The number of benzene rings is 1. The van der Waals surface area contributed by atoms with Gasteiger partial charge in [-0.3, -0.25) is 14.3 Å². The van der Waals surface area contributed by atoms with Crippen LogP contribution in [0.15, 0.2) is 36.5 Å². The van der Waals surface area contributed by atoms with Gasteiger partial charge in [0.25, 0.3) is 0 Å². The second-order valence-corrected chi connectivity index (χ2v) is 7.00.